The third kappa shape index (κ3) is 3.67. The molecular formula is C10H11F3N2O3. The Morgan fingerprint density at radius 1 is 1.39 bits per heavy atom. The summed E-state index contributed by atoms with van der Waals surface area (Å²) in [6.07, 6.45) is -6.82. The molecule has 1 heterocycles. The summed E-state index contributed by atoms with van der Waals surface area (Å²) in [7, 11) is 0. The van der Waals surface area contributed by atoms with Crippen LogP contribution in [0.3, 0.4) is 0 Å². The van der Waals surface area contributed by atoms with E-state index in [1.165, 1.54) is 0 Å². The van der Waals surface area contributed by atoms with Crippen LogP contribution in [-0.4, -0.2) is 27.2 Å². The Kier molecular flexibility index (Phi) is 4.25. The van der Waals surface area contributed by atoms with E-state index in [2.05, 4.69) is 4.98 Å². The maximum Gasteiger partial charge on any atom is 0.417 e. The number of carbonyl (C=O) groups is 1. The molecule has 2 atom stereocenters. The standard InChI is InChI=1S/C10H11F3N2O3/c11-10(12,13)6-1-5(3-15-4-6)9(18)7(16)2-8(14)17/h1,3-4,7,9,16,18H,2H2,(H2,14,17). The second kappa shape index (κ2) is 5.32. The molecule has 2 unspecified atom stereocenters. The molecule has 1 amide bonds. The minimum absolute atomic E-state index is 0.237. The highest BCUT2D eigenvalue weighted by Gasteiger charge is 2.32. The van der Waals surface area contributed by atoms with Crippen molar-refractivity contribution < 1.29 is 28.2 Å². The predicted octanol–water partition coefficient (Wildman–Crippen LogP) is 0.370. The van der Waals surface area contributed by atoms with E-state index in [4.69, 9.17) is 5.73 Å². The zero-order chi connectivity index (χ0) is 13.9. The van der Waals surface area contributed by atoms with Gasteiger partial charge in [0.25, 0.3) is 0 Å². The molecule has 0 spiro atoms. The Hall–Kier alpha value is -1.67. The van der Waals surface area contributed by atoms with E-state index < -0.39 is 36.3 Å². The van der Waals surface area contributed by atoms with Gasteiger partial charge in [-0.15, -0.1) is 0 Å². The summed E-state index contributed by atoms with van der Waals surface area (Å²) in [5.41, 5.74) is 3.51. The van der Waals surface area contributed by atoms with Crippen LogP contribution in [0.25, 0.3) is 0 Å². The van der Waals surface area contributed by atoms with E-state index in [1.54, 1.807) is 0 Å². The summed E-state index contributed by atoms with van der Waals surface area (Å²) in [6, 6.07) is 0.655. The average molecular weight is 264 g/mol. The molecule has 0 aliphatic rings. The van der Waals surface area contributed by atoms with Gasteiger partial charge in [-0.1, -0.05) is 0 Å². The fraction of sp³-hybridized carbons (Fsp3) is 0.400. The molecule has 0 aliphatic carbocycles. The number of primary amides is 1. The van der Waals surface area contributed by atoms with Gasteiger partial charge in [0.05, 0.1) is 18.1 Å². The van der Waals surface area contributed by atoms with E-state index in [1.807, 2.05) is 0 Å². The number of halogens is 3. The van der Waals surface area contributed by atoms with E-state index >= 15 is 0 Å². The smallest absolute Gasteiger partial charge is 0.390 e. The van der Waals surface area contributed by atoms with Crippen molar-refractivity contribution in [3.63, 3.8) is 0 Å². The minimum Gasteiger partial charge on any atom is -0.390 e. The van der Waals surface area contributed by atoms with Crippen LogP contribution in [0.5, 0.6) is 0 Å². The summed E-state index contributed by atoms with van der Waals surface area (Å²) in [4.78, 5) is 13.9. The molecule has 0 radical (unpaired) electrons. The van der Waals surface area contributed by atoms with Crippen molar-refractivity contribution in [1.29, 1.82) is 0 Å². The Morgan fingerprint density at radius 2 is 2.00 bits per heavy atom. The second-order valence-corrected chi connectivity index (χ2v) is 3.69. The number of aromatic nitrogens is 1. The van der Waals surface area contributed by atoms with Gasteiger partial charge in [-0.3, -0.25) is 9.78 Å². The molecule has 18 heavy (non-hydrogen) atoms. The number of amides is 1. The summed E-state index contributed by atoms with van der Waals surface area (Å²) in [5.74, 6) is -0.874. The van der Waals surface area contributed by atoms with E-state index in [9.17, 15) is 28.2 Å². The van der Waals surface area contributed by atoms with Crippen molar-refractivity contribution in [1.82, 2.24) is 4.98 Å². The topological polar surface area (TPSA) is 96.4 Å². The van der Waals surface area contributed by atoms with Crippen LogP contribution in [0.2, 0.25) is 0 Å². The second-order valence-electron chi connectivity index (χ2n) is 3.69. The number of aliphatic hydroxyl groups excluding tert-OH is 2. The number of alkyl halides is 3. The summed E-state index contributed by atoms with van der Waals surface area (Å²) >= 11 is 0. The Bertz CT molecular complexity index is 437. The van der Waals surface area contributed by atoms with Gasteiger partial charge in [-0.25, -0.2) is 0 Å². The molecule has 8 heteroatoms. The van der Waals surface area contributed by atoms with Gasteiger partial charge >= 0.3 is 6.18 Å². The molecule has 5 nitrogen and oxygen atoms in total. The summed E-state index contributed by atoms with van der Waals surface area (Å²) < 4.78 is 37.2. The SMILES string of the molecule is NC(=O)CC(O)C(O)c1cncc(C(F)(F)F)c1. The molecule has 1 aromatic heterocycles. The quantitative estimate of drug-likeness (QED) is 0.732. The molecule has 4 N–H and O–H groups in total. The lowest BCUT2D eigenvalue weighted by Gasteiger charge is -2.17. The zero-order valence-corrected chi connectivity index (χ0v) is 9.05. The third-order valence-electron chi connectivity index (χ3n) is 2.20. The largest absolute Gasteiger partial charge is 0.417 e. The van der Waals surface area contributed by atoms with Gasteiger partial charge in [0.15, 0.2) is 0 Å². The lowest BCUT2D eigenvalue weighted by Crippen LogP contribution is -2.26. The monoisotopic (exact) mass is 264 g/mol. The number of rotatable bonds is 4. The first-order valence-electron chi connectivity index (χ1n) is 4.88. The zero-order valence-electron chi connectivity index (χ0n) is 9.05. The molecule has 0 aromatic carbocycles. The highest BCUT2D eigenvalue weighted by molar-refractivity contribution is 5.74. The van der Waals surface area contributed by atoms with Gasteiger partial charge < -0.3 is 15.9 Å². The van der Waals surface area contributed by atoms with Crippen molar-refractivity contribution >= 4 is 5.91 Å². The van der Waals surface area contributed by atoms with Crippen LogP contribution in [0.15, 0.2) is 18.5 Å². The van der Waals surface area contributed by atoms with Crippen molar-refractivity contribution in [3.8, 4) is 0 Å². The summed E-state index contributed by atoms with van der Waals surface area (Å²) in [5, 5.41) is 18.9. The highest BCUT2D eigenvalue weighted by Crippen LogP contribution is 2.30. The first kappa shape index (κ1) is 14.4. The lowest BCUT2D eigenvalue weighted by molar-refractivity contribution is -0.138. The van der Waals surface area contributed by atoms with Crippen LogP contribution in [-0.2, 0) is 11.0 Å². The molecular weight excluding hydrogens is 253 g/mol. The molecule has 0 aliphatic heterocycles. The Morgan fingerprint density at radius 3 is 2.50 bits per heavy atom. The third-order valence-corrected chi connectivity index (χ3v) is 2.20. The number of hydrogen-bond acceptors (Lipinski definition) is 4. The molecule has 1 aromatic rings. The maximum atomic E-state index is 12.4. The van der Waals surface area contributed by atoms with Crippen LogP contribution in [0.1, 0.15) is 23.7 Å². The van der Waals surface area contributed by atoms with Gasteiger partial charge in [-0.05, 0) is 6.07 Å². The fourth-order valence-electron chi connectivity index (χ4n) is 1.31. The van der Waals surface area contributed by atoms with E-state index in [-0.39, 0.29) is 5.56 Å². The molecule has 0 saturated heterocycles. The molecule has 0 fully saturated rings. The van der Waals surface area contributed by atoms with Gasteiger partial charge in [0.2, 0.25) is 5.91 Å². The van der Waals surface area contributed by atoms with Crippen molar-refractivity contribution in [2.75, 3.05) is 0 Å². The molecule has 1 rings (SSSR count). The molecule has 0 saturated carbocycles. The van der Waals surface area contributed by atoms with Gasteiger partial charge in [0, 0.05) is 18.0 Å². The number of hydrogen-bond donors (Lipinski definition) is 3. The first-order valence-corrected chi connectivity index (χ1v) is 4.88. The Balaban J connectivity index is 2.93. The van der Waals surface area contributed by atoms with Crippen molar-refractivity contribution in [2.45, 2.75) is 24.8 Å². The fourth-order valence-corrected chi connectivity index (χ4v) is 1.31. The minimum atomic E-state index is -4.60. The van der Waals surface area contributed by atoms with Crippen molar-refractivity contribution in [3.05, 3.63) is 29.6 Å². The van der Waals surface area contributed by atoms with Crippen LogP contribution < -0.4 is 5.73 Å². The molecule has 100 valence electrons. The number of pyridine rings is 1. The summed E-state index contributed by atoms with van der Waals surface area (Å²) in [6.45, 7) is 0. The number of aliphatic hydroxyl groups is 2. The van der Waals surface area contributed by atoms with Crippen LogP contribution in [0, 0.1) is 0 Å². The van der Waals surface area contributed by atoms with Gasteiger partial charge in [-0.2, -0.15) is 13.2 Å². The first-order chi connectivity index (χ1) is 8.21. The predicted molar refractivity (Wildman–Crippen MR) is 54.0 cm³/mol. The van der Waals surface area contributed by atoms with E-state index in [0.29, 0.717) is 12.3 Å². The highest BCUT2D eigenvalue weighted by atomic mass is 19.4. The van der Waals surface area contributed by atoms with Crippen molar-refractivity contribution in [2.24, 2.45) is 5.73 Å². The number of nitrogens with zero attached hydrogens (tertiary/aromatic N) is 1. The van der Waals surface area contributed by atoms with Crippen LogP contribution in [0.4, 0.5) is 13.2 Å². The maximum absolute atomic E-state index is 12.4. The molecule has 0 bridgehead atoms. The van der Waals surface area contributed by atoms with Crippen LogP contribution >= 0.6 is 0 Å². The normalized spacial score (nSPS) is 15.2. The number of carbonyl (C=O) groups excluding carboxylic acids is 1. The number of nitrogens with two attached hydrogens (primary N) is 1. The average Bonchev–Trinajstić information content (AvgIpc) is 2.26. The van der Waals surface area contributed by atoms with E-state index in [0.717, 1.165) is 6.20 Å². The Labute approximate surface area is 100 Å². The lowest BCUT2D eigenvalue weighted by atomic mass is 10.0. The van der Waals surface area contributed by atoms with Gasteiger partial charge in [0.1, 0.15) is 6.10 Å².